The van der Waals surface area contributed by atoms with Crippen molar-refractivity contribution in [2.75, 3.05) is 26.2 Å². The van der Waals surface area contributed by atoms with Gasteiger partial charge in [0, 0.05) is 54.7 Å². The van der Waals surface area contributed by atoms with Crippen LogP contribution in [0.5, 0.6) is 0 Å². The molecule has 7 rings (SSSR count). The monoisotopic (exact) mass is 664 g/mol. The quantitative estimate of drug-likeness (QED) is 0.0509. The Morgan fingerprint density at radius 2 is 1.68 bits per heavy atom. The van der Waals surface area contributed by atoms with Crippen molar-refractivity contribution in [1.82, 2.24) is 15.3 Å². The van der Waals surface area contributed by atoms with Crippen LogP contribution >= 0.6 is 0 Å². The van der Waals surface area contributed by atoms with E-state index in [1.165, 1.54) is 58.4 Å². The van der Waals surface area contributed by atoms with Crippen molar-refractivity contribution < 1.29 is 4.48 Å². The minimum absolute atomic E-state index is 0.186. The molecule has 3 aliphatic rings. The fraction of sp³-hybridized carbons (Fsp3) is 0.386. The lowest BCUT2D eigenvalue weighted by molar-refractivity contribution is -0.850. The highest BCUT2D eigenvalue weighted by Gasteiger charge is 2.36. The number of terminal acetylenes is 2. The van der Waals surface area contributed by atoms with Crippen molar-refractivity contribution in [3.05, 3.63) is 107 Å². The number of fused-ring (bicyclic) bond motifs is 2. The highest BCUT2D eigenvalue weighted by Crippen LogP contribution is 2.37. The van der Waals surface area contributed by atoms with Crippen LogP contribution in [0.3, 0.4) is 0 Å². The van der Waals surface area contributed by atoms with E-state index in [0.717, 1.165) is 68.3 Å². The summed E-state index contributed by atoms with van der Waals surface area (Å²) in [6, 6.07) is 26.7. The van der Waals surface area contributed by atoms with E-state index >= 15 is 0 Å². The second kappa shape index (κ2) is 21.3. The number of nitrogens with zero attached hydrogens (tertiary/aromatic N) is 4. The normalized spacial score (nSPS) is 17.1. The number of nitrogens with one attached hydrogen (secondary N) is 1. The molecular formula is C44H55BN5+. The van der Waals surface area contributed by atoms with Gasteiger partial charge < -0.3 is 5.32 Å². The number of pyridine rings is 2. The Balaban J connectivity index is 0.000000243. The number of nitriles is 1. The van der Waals surface area contributed by atoms with E-state index in [2.05, 4.69) is 133 Å². The smallest absolute Gasteiger partial charge is 0.133 e. The molecule has 2 aromatic carbocycles. The Kier molecular flexibility index (Phi) is 17.6. The van der Waals surface area contributed by atoms with E-state index in [4.69, 9.17) is 23.1 Å². The predicted octanol–water partition coefficient (Wildman–Crippen LogP) is 8.91. The van der Waals surface area contributed by atoms with Crippen LogP contribution in [0, 0.1) is 68.9 Å². The third kappa shape index (κ3) is 12.9. The van der Waals surface area contributed by atoms with Crippen LogP contribution in [-0.4, -0.2) is 48.5 Å². The van der Waals surface area contributed by atoms with Crippen molar-refractivity contribution in [3.8, 4) is 42.3 Å². The van der Waals surface area contributed by atoms with Crippen LogP contribution in [0.2, 0.25) is 6.82 Å². The Morgan fingerprint density at radius 3 is 2.22 bits per heavy atom. The van der Waals surface area contributed by atoms with Crippen molar-refractivity contribution >= 4 is 18.7 Å². The lowest BCUT2D eigenvalue weighted by Gasteiger charge is -2.23. The first-order valence-corrected chi connectivity index (χ1v) is 17.6. The summed E-state index contributed by atoms with van der Waals surface area (Å²) in [5.74, 6) is 1.27. The maximum atomic E-state index is 8.66. The number of hydrogen-bond acceptors (Lipinski definition) is 4. The number of benzene rings is 2. The lowest BCUT2D eigenvalue weighted by Crippen LogP contribution is -2.40. The standard InChI is InChI=1S/C17H16N2.C11H11N.C9H13N2.C4H8.C2H4.CH3B/c1-3-18-9-8-15-10-14-11-16(14)17(19-15)13-6-4-12(2)5-7-13;1-8-6-9(2)11-10(7-8)4-3-5-12-11;1-3-11(4-2)6-5-9(7-10)8-11;1-4-2-3-4;2*1-2/h1,4-7,10,18H,8-9,11H2,2H3;3-7H,1-2H3;1,9H,4-6,8H2,2H3;4H,2-3H2,1H3;1-2H2;1H3/q;;+1;;;. The largest absolute Gasteiger partial charge is 0.346 e. The molecule has 2 fully saturated rings. The number of rotatable bonds is 5. The summed E-state index contributed by atoms with van der Waals surface area (Å²) in [6.07, 6.45) is 18.3. The maximum absolute atomic E-state index is 8.66. The predicted molar refractivity (Wildman–Crippen MR) is 213 cm³/mol. The van der Waals surface area contributed by atoms with E-state index < -0.39 is 0 Å². The molecule has 0 spiro atoms. The fourth-order valence-corrected chi connectivity index (χ4v) is 5.64. The van der Waals surface area contributed by atoms with Crippen molar-refractivity contribution in [1.29, 1.82) is 5.26 Å². The SMILES string of the molecule is C#CNCCc1cc2c(c(-c3ccc(C)cc3)n1)C2.C#C[N+]1(CC)CCC(C#N)C1.C=C.CC1CC1.Cc1cc(C)c2ncccc2c1.[B]C. The van der Waals surface area contributed by atoms with Crippen molar-refractivity contribution in [2.24, 2.45) is 11.8 Å². The molecule has 5 nitrogen and oxygen atoms in total. The lowest BCUT2D eigenvalue weighted by atomic mass is 10.1. The topological polar surface area (TPSA) is 61.6 Å². The molecule has 2 aromatic heterocycles. The van der Waals surface area contributed by atoms with Gasteiger partial charge in [0.2, 0.25) is 0 Å². The van der Waals surface area contributed by atoms with Gasteiger partial charge >= 0.3 is 0 Å². The van der Waals surface area contributed by atoms with Crippen LogP contribution in [0.25, 0.3) is 22.2 Å². The van der Waals surface area contributed by atoms with Crippen LogP contribution in [0.15, 0.2) is 74.0 Å². The summed E-state index contributed by atoms with van der Waals surface area (Å²) < 4.78 is 0.693. The highest BCUT2D eigenvalue weighted by atomic mass is 15.3. The summed E-state index contributed by atoms with van der Waals surface area (Å²) in [4.78, 5) is 9.11. The molecule has 258 valence electrons. The number of quaternary nitrogens is 1. The maximum Gasteiger partial charge on any atom is 0.133 e. The average molecular weight is 665 g/mol. The van der Waals surface area contributed by atoms with E-state index in [0.29, 0.717) is 4.48 Å². The fourth-order valence-electron chi connectivity index (χ4n) is 5.64. The van der Waals surface area contributed by atoms with E-state index in [-0.39, 0.29) is 5.92 Å². The van der Waals surface area contributed by atoms with Gasteiger partial charge in [-0.05, 0) is 68.5 Å². The van der Waals surface area contributed by atoms with E-state index in [1.54, 1.807) is 0 Å². The number of aryl methyl sites for hydroxylation is 3. The van der Waals surface area contributed by atoms with Gasteiger partial charge in [0.25, 0.3) is 0 Å². The van der Waals surface area contributed by atoms with Crippen molar-refractivity contribution in [3.63, 3.8) is 0 Å². The highest BCUT2D eigenvalue weighted by molar-refractivity contribution is 6.05. The molecule has 1 saturated heterocycles. The van der Waals surface area contributed by atoms with E-state index in [9.17, 15) is 0 Å². The Hall–Kier alpha value is -4.83. The zero-order valence-electron chi connectivity index (χ0n) is 31.2. The Bertz CT molecular complexity index is 1770. The number of hydrogen-bond donors (Lipinski definition) is 1. The Morgan fingerprint density at radius 1 is 1.00 bits per heavy atom. The average Bonchev–Trinajstić information content (AvgIpc) is 4.08. The molecule has 2 atom stereocenters. The van der Waals surface area contributed by atoms with Crippen LogP contribution in [0.1, 0.15) is 66.6 Å². The van der Waals surface area contributed by atoms with Gasteiger partial charge in [-0.25, -0.2) is 4.48 Å². The summed E-state index contributed by atoms with van der Waals surface area (Å²) in [6.45, 7) is 21.7. The zero-order chi connectivity index (χ0) is 37.1. The molecule has 2 aliphatic carbocycles. The van der Waals surface area contributed by atoms with Gasteiger partial charge in [0.1, 0.15) is 18.5 Å². The third-order valence-corrected chi connectivity index (χ3v) is 8.89. The second-order valence-corrected chi connectivity index (χ2v) is 12.9. The number of likely N-dealkylation sites (tertiary alicyclic amines) is 1. The molecule has 3 heterocycles. The Labute approximate surface area is 304 Å². The van der Waals surface area contributed by atoms with Gasteiger partial charge in [-0.3, -0.25) is 9.97 Å². The molecule has 1 N–H and O–H groups in total. The molecule has 1 aliphatic heterocycles. The molecule has 2 radical (unpaired) electrons. The van der Waals surface area contributed by atoms with Crippen LogP contribution < -0.4 is 5.32 Å². The first-order valence-electron chi connectivity index (χ1n) is 17.6. The third-order valence-electron chi connectivity index (χ3n) is 8.89. The first kappa shape index (κ1) is 41.3. The van der Waals surface area contributed by atoms with Gasteiger partial charge in [0.15, 0.2) is 0 Å². The molecule has 50 heavy (non-hydrogen) atoms. The van der Waals surface area contributed by atoms with Crippen molar-refractivity contribution in [2.45, 2.75) is 73.5 Å². The summed E-state index contributed by atoms with van der Waals surface area (Å²) in [7, 11) is 4.50. The molecular weight excluding hydrogens is 609 g/mol. The second-order valence-electron chi connectivity index (χ2n) is 12.9. The number of aromatic nitrogens is 2. The molecule has 1 saturated carbocycles. The minimum Gasteiger partial charge on any atom is -0.346 e. The van der Waals surface area contributed by atoms with Gasteiger partial charge in [-0.15, -0.1) is 13.2 Å². The molecule has 0 amide bonds. The zero-order valence-corrected chi connectivity index (χ0v) is 31.2. The molecule has 0 bridgehead atoms. The molecule has 2 unspecified atom stereocenters. The van der Waals surface area contributed by atoms with E-state index in [1.807, 2.05) is 12.3 Å². The summed E-state index contributed by atoms with van der Waals surface area (Å²) >= 11 is 0. The van der Waals surface area contributed by atoms with Crippen LogP contribution in [0.4, 0.5) is 0 Å². The molecule has 6 heteroatoms. The van der Waals surface area contributed by atoms with Gasteiger partial charge in [-0.2, -0.15) is 5.26 Å². The minimum atomic E-state index is 0.186. The summed E-state index contributed by atoms with van der Waals surface area (Å²) in [5.41, 5.74) is 11.3. The first-order chi connectivity index (χ1) is 24.2. The van der Waals surface area contributed by atoms with Crippen LogP contribution in [-0.2, 0) is 12.8 Å². The summed E-state index contributed by atoms with van der Waals surface area (Å²) in [5, 5.41) is 12.8. The van der Waals surface area contributed by atoms with Gasteiger partial charge in [-0.1, -0.05) is 87.0 Å². The molecule has 4 aromatic rings. The van der Waals surface area contributed by atoms with Gasteiger partial charge in [0.05, 0.1) is 38.2 Å².